The molecular formula is C23H23F3N4O4. The molecule has 0 radical (unpaired) electrons. The molecule has 1 fully saturated rings. The predicted octanol–water partition coefficient (Wildman–Crippen LogP) is 3.22. The molecular weight excluding hydrogens is 453 g/mol. The quantitative estimate of drug-likeness (QED) is 0.645. The number of piperazine rings is 1. The topological polar surface area (TPSA) is 87.9 Å². The molecule has 2 heterocycles. The molecule has 1 aromatic heterocycles. The van der Waals surface area contributed by atoms with Crippen molar-refractivity contribution in [3.63, 3.8) is 0 Å². The summed E-state index contributed by atoms with van der Waals surface area (Å²) in [4.78, 5) is 32.4. The van der Waals surface area contributed by atoms with E-state index in [2.05, 4.69) is 10.3 Å². The number of hydrogen-bond acceptors (Lipinski definition) is 6. The first-order valence-corrected chi connectivity index (χ1v) is 10.6. The molecule has 1 aromatic carbocycles. The number of amides is 2. The van der Waals surface area contributed by atoms with Crippen LogP contribution >= 0.6 is 0 Å². The molecule has 0 atom stereocenters. The summed E-state index contributed by atoms with van der Waals surface area (Å²) >= 11 is 0. The zero-order valence-electron chi connectivity index (χ0n) is 18.7. The standard InChI is InChI=1S/C23H23F3N4O4/c1-13-27-10-20(34-13)16-4-3-15(9-19(16)33-2)29-5-6-30(22(32)12-29)11-21(31)28-14-7-17(24)23(26)18(25)8-14/h7-10H,3-6,11-12H2,1-2H3,(H,28,31). The van der Waals surface area contributed by atoms with Crippen LogP contribution in [0.2, 0.25) is 0 Å². The minimum Gasteiger partial charge on any atom is -0.496 e. The van der Waals surface area contributed by atoms with Crippen molar-refractivity contribution < 1.29 is 31.9 Å². The molecule has 0 saturated carbocycles. The van der Waals surface area contributed by atoms with Crippen LogP contribution in [0.4, 0.5) is 18.9 Å². The highest BCUT2D eigenvalue weighted by Crippen LogP contribution is 2.33. The molecule has 34 heavy (non-hydrogen) atoms. The van der Waals surface area contributed by atoms with E-state index < -0.39 is 23.4 Å². The summed E-state index contributed by atoms with van der Waals surface area (Å²) in [5.74, 6) is -3.48. The molecule has 1 aliphatic heterocycles. The van der Waals surface area contributed by atoms with Gasteiger partial charge in [-0.3, -0.25) is 9.59 Å². The van der Waals surface area contributed by atoms with E-state index in [0.717, 1.165) is 11.3 Å². The van der Waals surface area contributed by atoms with E-state index in [-0.39, 0.29) is 31.2 Å². The van der Waals surface area contributed by atoms with Gasteiger partial charge in [0.05, 0.1) is 26.4 Å². The number of carbonyl (C=O) groups excluding carboxylic acids is 2. The Kier molecular flexibility index (Phi) is 6.62. The summed E-state index contributed by atoms with van der Waals surface area (Å²) in [7, 11) is 1.57. The lowest BCUT2D eigenvalue weighted by atomic mass is 9.98. The number of rotatable bonds is 6. The third-order valence-electron chi connectivity index (χ3n) is 5.69. The molecule has 0 unspecified atom stereocenters. The number of ether oxygens (including phenoxy) is 1. The summed E-state index contributed by atoms with van der Waals surface area (Å²) in [6.45, 7) is 2.34. The number of benzene rings is 1. The largest absolute Gasteiger partial charge is 0.496 e. The van der Waals surface area contributed by atoms with Crippen LogP contribution in [0.3, 0.4) is 0 Å². The molecule has 0 bridgehead atoms. The van der Waals surface area contributed by atoms with E-state index in [4.69, 9.17) is 9.15 Å². The molecule has 1 saturated heterocycles. The van der Waals surface area contributed by atoms with Crippen molar-refractivity contribution in [3.05, 3.63) is 65.0 Å². The van der Waals surface area contributed by atoms with Gasteiger partial charge in [-0.25, -0.2) is 18.2 Å². The van der Waals surface area contributed by atoms with Gasteiger partial charge in [0.25, 0.3) is 0 Å². The molecule has 1 N–H and O–H groups in total. The van der Waals surface area contributed by atoms with Crippen LogP contribution < -0.4 is 5.32 Å². The first-order valence-electron chi connectivity index (χ1n) is 10.6. The first kappa shape index (κ1) is 23.4. The normalized spacial score (nSPS) is 16.6. The van der Waals surface area contributed by atoms with Crippen molar-refractivity contribution in [1.29, 1.82) is 0 Å². The van der Waals surface area contributed by atoms with Gasteiger partial charge in [-0.1, -0.05) is 0 Å². The molecule has 2 aromatic rings. The molecule has 8 nitrogen and oxygen atoms in total. The van der Waals surface area contributed by atoms with Gasteiger partial charge in [-0.05, 0) is 18.9 Å². The Morgan fingerprint density at radius 1 is 1.21 bits per heavy atom. The fourth-order valence-corrected chi connectivity index (χ4v) is 3.99. The van der Waals surface area contributed by atoms with Gasteiger partial charge in [0.15, 0.2) is 29.1 Å². The fourth-order valence-electron chi connectivity index (χ4n) is 3.99. The number of methoxy groups -OCH3 is 1. The number of hydrogen-bond donors (Lipinski definition) is 1. The van der Waals surface area contributed by atoms with E-state index in [0.29, 0.717) is 48.9 Å². The summed E-state index contributed by atoms with van der Waals surface area (Å²) < 4.78 is 50.9. The van der Waals surface area contributed by atoms with Crippen LogP contribution in [-0.2, 0) is 14.3 Å². The SMILES string of the molecule is COC1=C(c2cnc(C)o2)CCC(N2CCN(CC(=O)Nc3cc(F)c(F)c(F)c3)C(=O)C2)=C1. The minimum absolute atomic E-state index is 0.0761. The summed E-state index contributed by atoms with van der Waals surface area (Å²) in [6.07, 6.45) is 4.87. The second kappa shape index (κ2) is 9.62. The zero-order chi connectivity index (χ0) is 24.4. The number of oxazole rings is 1. The Morgan fingerprint density at radius 3 is 2.56 bits per heavy atom. The molecule has 1 aliphatic carbocycles. The van der Waals surface area contributed by atoms with Crippen LogP contribution in [0.5, 0.6) is 0 Å². The van der Waals surface area contributed by atoms with Crippen molar-refractivity contribution in [2.45, 2.75) is 19.8 Å². The Labute approximate surface area is 193 Å². The first-order chi connectivity index (χ1) is 16.2. The summed E-state index contributed by atoms with van der Waals surface area (Å²) in [6, 6.07) is 1.36. The van der Waals surface area contributed by atoms with Crippen LogP contribution in [0.15, 0.2) is 40.3 Å². The minimum atomic E-state index is -1.61. The molecule has 11 heteroatoms. The highest BCUT2D eigenvalue weighted by Gasteiger charge is 2.29. The van der Waals surface area contributed by atoms with Gasteiger partial charge in [-0.15, -0.1) is 0 Å². The van der Waals surface area contributed by atoms with Gasteiger partial charge in [0, 0.05) is 49.1 Å². The smallest absolute Gasteiger partial charge is 0.244 e. The lowest BCUT2D eigenvalue weighted by molar-refractivity contribution is -0.138. The molecule has 180 valence electrons. The molecule has 4 rings (SSSR count). The number of aryl methyl sites for hydroxylation is 1. The van der Waals surface area contributed by atoms with Crippen LogP contribution in [0.25, 0.3) is 5.57 Å². The lowest BCUT2D eigenvalue weighted by Gasteiger charge is -2.37. The number of allylic oxidation sites excluding steroid dienone is 3. The average Bonchev–Trinajstić information content (AvgIpc) is 3.24. The maximum Gasteiger partial charge on any atom is 0.244 e. The molecule has 2 amide bonds. The summed E-state index contributed by atoms with van der Waals surface area (Å²) in [5, 5.41) is 2.29. The van der Waals surface area contributed by atoms with Gasteiger partial charge in [-0.2, -0.15) is 0 Å². The summed E-state index contributed by atoms with van der Waals surface area (Å²) in [5.41, 5.74) is 1.62. The second-order valence-electron chi connectivity index (χ2n) is 7.97. The lowest BCUT2D eigenvalue weighted by Crippen LogP contribution is -2.52. The van der Waals surface area contributed by atoms with E-state index in [1.807, 2.05) is 11.0 Å². The highest BCUT2D eigenvalue weighted by atomic mass is 19.2. The maximum atomic E-state index is 13.3. The van der Waals surface area contributed by atoms with Crippen molar-refractivity contribution in [2.24, 2.45) is 0 Å². The van der Waals surface area contributed by atoms with E-state index in [1.165, 1.54) is 4.90 Å². The third-order valence-corrected chi connectivity index (χ3v) is 5.69. The Morgan fingerprint density at radius 2 is 1.94 bits per heavy atom. The van der Waals surface area contributed by atoms with E-state index in [1.54, 1.807) is 20.2 Å². The van der Waals surface area contributed by atoms with Crippen molar-refractivity contribution >= 4 is 23.1 Å². The highest BCUT2D eigenvalue weighted by molar-refractivity contribution is 5.95. The molecule has 0 spiro atoms. The molecule has 2 aliphatic rings. The Bertz CT molecular complexity index is 1170. The van der Waals surface area contributed by atoms with Crippen molar-refractivity contribution in [3.8, 4) is 0 Å². The number of halogens is 3. The third kappa shape index (κ3) is 4.92. The second-order valence-corrected chi connectivity index (χ2v) is 7.97. The van der Waals surface area contributed by atoms with Gasteiger partial charge < -0.3 is 24.3 Å². The van der Waals surface area contributed by atoms with E-state index in [9.17, 15) is 22.8 Å². The van der Waals surface area contributed by atoms with E-state index >= 15 is 0 Å². The predicted molar refractivity (Wildman–Crippen MR) is 116 cm³/mol. The monoisotopic (exact) mass is 476 g/mol. The number of anilines is 1. The number of nitrogens with one attached hydrogen (secondary N) is 1. The van der Waals surface area contributed by atoms with Gasteiger partial charge in [0.2, 0.25) is 11.8 Å². The van der Waals surface area contributed by atoms with Crippen LogP contribution in [-0.4, -0.2) is 59.9 Å². The van der Waals surface area contributed by atoms with Crippen LogP contribution in [0.1, 0.15) is 24.5 Å². The van der Waals surface area contributed by atoms with Crippen molar-refractivity contribution in [1.82, 2.24) is 14.8 Å². The zero-order valence-corrected chi connectivity index (χ0v) is 18.7. The Balaban J connectivity index is 1.38. The Hall–Kier alpha value is -3.76. The maximum absolute atomic E-state index is 13.3. The van der Waals surface area contributed by atoms with Crippen LogP contribution in [0, 0.1) is 24.4 Å². The van der Waals surface area contributed by atoms with Crippen molar-refractivity contribution in [2.75, 3.05) is 38.6 Å². The number of carbonyl (C=O) groups is 2. The van der Waals surface area contributed by atoms with Gasteiger partial charge >= 0.3 is 0 Å². The number of aromatic nitrogens is 1. The van der Waals surface area contributed by atoms with Gasteiger partial charge in [0.1, 0.15) is 5.76 Å². The number of nitrogens with zero attached hydrogens (tertiary/aromatic N) is 3. The fraction of sp³-hybridized carbons (Fsp3) is 0.348. The average molecular weight is 476 g/mol.